The van der Waals surface area contributed by atoms with E-state index in [1.165, 1.54) is 12.4 Å². The number of nitrogens with zero attached hydrogens (tertiary/aromatic N) is 2. The highest BCUT2D eigenvalue weighted by molar-refractivity contribution is 6.33. The van der Waals surface area contributed by atoms with Gasteiger partial charge in [-0.05, 0) is 18.2 Å². The number of rotatable bonds is 1. The molecule has 0 radical (unpaired) electrons. The number of halogens is 4. The Morgan fingerprint density at radius 3 is 2.56 bits per heavy atom. The second-order valence-electron chi connectivity index (χ2n) is 3.03. The number of H-pyrrole nitrogens is 1. The molecule has 16 heavy (non-hydrogen) atoms. The third-order valence-electron chi connectivity index (χ3n) is 1.96. The standard InChI is InChI=1S/C9H5ClF3N3/c10-7-2-1-5(9(11,12)13)3-6(7)8-14-4-15-16-8/h1-4H,(H,14,15,16). The molecule has 7 heteroatoms. The predicted octanol–water partition coefficient (Wildman–Crippen LogP) is 3.14. The van der Waals surface area contributed by atoms with Gasteiger partial charge in [-0.3, -0.25) is 5.10 Å². The zero-order valence-electron chi connectivity index (χ0n) is 7.72. The Labute approximate surface area is 93.3 Å². The van der Waals surface area contributed by atoms with Crippen LogP contribution in [-0.2, 0) is 6.18 Å². The van der Waals surface area contributed by atoms with E-state index < -0.39 is 11.7 Å². The van der Waals surface area contributed by atoms with Crippen molar-refractivity contribution in [1.29, 1.82) is 0 Å². The molecule has 0 fully saturated rings. The topological polar surface area (TPSA) is 41.6 Å². The minimum atomic E-state index is -4.40. The number of hydrogen-bond donors (Lipinski definition) is 1. The van der Waals surface area contributed by atoms with Crippen molar-refractivity contribution < 1.29 is 13.2 Å². The molecule has 84 valence electrons. The summed E-state index contributed by atoms with van der Waals surface area (Å²) in [6.07, 6.45) is -3.20. The SMILES string of the molecule is FC(F)(F)c1ccc(Cl)c(-c2ncn[nH]2)c1. The van der Waals surface area contributed by atoms with Crippen molar-refractivity contribution in [1.82, 2.24) is 15.2 Å². The van der Waals surface area contributed by atoms with E-state index in [1.54, 1.807) is 0 Å². The molecule has 3 nitrogen and oxygen atoms in total. The fraction of sp³-hybridized carbons (Fsp3) is 0.111. The molecule has 0 saturated heterocycles. The first-order valence-corrected chi connectivity index (χ1v) is 4.59. The molecule has 0 aliphatic heterocycles. The van der Waals surface area contributed by atoms with E-state index in [9.17, 15) is 13.2 Å². The Morgan fingerprint density at radius 1 is 1.25 bits per heavy atom. The Hall–Kier alpha value is -1.56. The summed E-state index contributed by atoms with van der Waals surface area (Å²) in [4.78, 5) is 3.75. The van der Waals surface area contributed by atoms with Gasteiger partial charge in [0.25, 0.3) is 0 Å². The summed E-state index contributed by atoms with van der Waals surface area (Å²) in [6, 6.07) is 3.04. The van der Waals surface area contributed by atoms with Crippen molar-refractivity contribution in [2.75, 3.05) is 0 Å². The summed E-state index contributed by atoms with van der Waals surface area (Å²) < 4.78 is 37.4. The summed E-state index contributed by atoms with van der Waals surface area (Å²) in [5, 5.41) is 6.20. The van der Waals surface area contributed by atoms with Gasteiger partial charge >= 0.3 is 6.18 Å². The van der Waals surface area contributed by atoms with E-state index in [4.69, 9.17) is 11.6 Å². The van der Waals surface area contributed by atoms with Crippen LogP contribution in [0, 0.1) is 0 Å². The van der Waals surface area contributed by atoms with Crippen molar-refractivity contribution in [2.45, 2.75) is 6.18 Å². The number of aromatic nitrogens is 3. The first-order chi connectivity index (χ1) is 7.48. The van der Waals surface area contributed by atoms with Crippen molar-refractivity contribution in [3.8, 4) is 11.4 Å². The van der Waals surface area contributed by atoms with Gasteiger partial charge in [-0.2, -0.15) is 18.3 Å². The van der Waals surface area contributed by atoms with Gasteiger partial charge in [0.2, 0.25) is 0 Å². The molecule has 0 atom stereocenters. The van der Waals surface area contributed by atoms with E-state index in [1.807, 2.05) is 0 Å². The summed E-state index contributed by atoms with van der Waals surface area (Å²) >= 11 is 5.78. The Bertz CT molecular complexity index is 493. The monoisotopic (exact) mass is 247 g/mol. The van der Waals surface area contributed by atoms with Crippen LogP contribution in [0.15, 0.2) is 24.5 Å². The van der Waals surface area contributed by atoms with Gasteiger partial charge in [0, 0.05) is 5.56 Å². The number of alkyl halides is 3. The average Bonchev–Trinajstić information content (AvgIpc) is 2.69. The summed E-state index contributed by atoms with van der Waals surface area (Å²) in [7, 11) is 0. The molecule has 0 unspecified atom stereocenters. The van der Waals surface area contributed by atoms with Gasteiger partial charge in [0.15, 0.2) is 5.82 Å². The normalized spacial score (nSPS) is 11.8. The fourth-order valence-corrected chi connectivity index (χ4v) is 1.43. The quantitative estimate of drug-likeness (QED) is 0.841. The predicted molar refractivity (Wildman–Crippen MR) is 51.8 cm³/mol. The number of benzene rings is 1. The molecular weight excluding hydrogens is 243 g/mol. The third-order valence-corrected chi connectivity index (χ3v) is 2.29. The maximum Gasteiger partial charge on any atom is 0.416 e. The van der Waals surface area contributed by atoms with Crippen LogP contribution in [0.1, 0.15) is 5.56 Å². The van der Waals surface area contributed by atoms with Crippen LogP contribution in [0.3, 0.4) is 0 Å². The second-order valence-corrected chi connectivity index (χ2v) is 3.43. The highest BCUT2D eigenvalue weighted by atomic mass is 35.5. The van der Waals surface area contributed by atoms with Gasteiger partial charge in [0.05, 0.1) is 10.6 Å². The molecule has 1 aromatic heterocycles. The molecule has 0 bridgehead atoms. The molecule has 2 rings (SSSR count). The highest BCUT2D eigenvalue weighted by Gasteiger charge is 2.31. The van der Waals surface area contributed by atoms with Crippen LogP contribution in [0.25, 0.3) is 11.4 Å². The van der Waals surface area contributed by atoms with E-state index in [2.05, 4.69) is 15.2 Å². The van der Waals surface area contributed by atoms with Crippen molar-refractivity contribution in [3.63, 3.8) is 0 Å². The molecule has 0 saturated carbocycles. The first-order valence-electron chi connectivity index (χ1n) is 4.21. The average molecular weight is 248 g/mol. The number of aromatic amines is 1. The Kier molecular flexibility index (Phi) is 2.59. The van der Waals surface area contributed by atoms with Gasteiger partial charge in [0.1, 0.15) is 6.33 Å². The smallest absolute Gasteiger partial charge is 0.259 e. The van der Waals surface area contributed by atoms with E-state index >= 15 is 0 Å². The molecule has 0 amide bonds. The largest absolute Gasteiger partial charge is 0.416 e. The molecule has 1 aromatic carbocycles. The van der Waals surface area contributed by atoms with Gasteiger partial charge in [-0.25, -0.2) is 4.98 Å². The van der Waals surface area contributed by atoms with Gasteiger partial charge < -0.3 is 0 Å². The fourth-order valence-electron chi connectivity index (χ4n) is 1.22. The van der Waals surface area contributed by atoms with Crippen molar-refractivity contribution in [3.05, 3.63) is 35.1 Å². The molecule has 1 N–H and O–H groups in total. The van der Waals surface area contributed by atoms with E-state index in [0.717, 1.165) is 12.1 Å². The minimum absolute atomic E-state index is 0.175. The Morgan fingerprint density at radius 2 is 2.00 bits per heavy atom. The van der Waals surface area contributed by atoms with Crippen LogP contribution in [0.4, 0.5) is 13.2 Å². The lowest BCUT2D eigenvalue weighted by atomic mass is 10.1. The van der Waals surface area contributed by atoms with Crippen LogP contribution in [0.5, 0.6) is 0 Å². The number of hydrogen-bond acceptors (Lipinski definition) is 2. The maximum atomic E-state index is 12.5. The Balaban J connectivity index is 2.54. The lowest BCUT2D eigenvalue weighted by Crippen LogP contribution is -2.04. The van der Waals surface area contributed by atoms with Crippen molar-refractivity contribution in [2.24, 2.45) is 0 Å². The van der Waals surface area contributed by atoms with Crippen LogP contribution < -0.4 is 0 Å². The summed E-state index contributed by atoms with van der Waals surface area (Å²) in [5.74, 6) is 0.205. The maximum absolute atomic E-state index is 12.5. The van der Waals surface area contributed by atoms with E-state index in [0.29, 0.717) is 0 Å². The lowest BCUT2D eigenvalue weighted by Gasteiger charge is -2.08. The van der Waals surface area contributed by atoms with Gasteiger partial charge in [-0.15, -0.1) is 0 Å². The minimum Gasteiger partial charge on any atom is -0.259 e. The molecular formula is C9H5ClF3N3. The third kappa shape index (κ3) is 2.01. The molecule has 2 aromatic rings. The molecule has 1 heterocycles. The zero-order chi connectivity index (χ0) is 11.8. The number of nitrogens with one attached hydrogen (secondary N) is 1. The van der Waals surface area contributed by atoms with E-state index in [-0.39, 0.29) is 16.4 Å². The first kappa shape index (κ1) is 10.9. The molecule has 0 spiro atoms. The summed E-state index contributed by atoms with van der Waals surface area (Å²) in [6.45, 7) is 0. The lowest BCUT2D eigenvalue weighted by molar-refractivity contribution is -0.137. The van der Waals surface area contributed by atoms with Crippen LogP contribution >= 0.6 is 11.6 Å². The van der Waals surface area contributed by atoms with Crippen LogP contribution in [0.2, 0.25) is 5.02 Å². The summed E-state index contributed by atoms with van der Waals surface area (Å²) in [5.41, 5.74) is -0.600. The van der Waals surface area contributed by atoms with Crippen LogP contribution in [-0.4, -0.2) is 15.2 Å². The second kappa shape index (κ2) is 3.79. The zero-order valence-corrected chi connectivity index (χ0v) is 8.47. The van der Waals surface area contributed by atoms with Gasteiger partial charge in [-0.1, -0.05) is 11.6 Å². The molecule has 0 aliphatic rings. The molecule has 0 aliphatic carbocycles. The highest BCUT2D eigenvalue weighted by Crippen LogP contribution is 2.34. The van der Waals surface area contributed by atoms with Crippen molar-refractivity contribution >= 4 is 11.6 Å².